The largest absolute Gasteiger partial charge is 0.480 e. The number of carbonyl (C=O) groups is 1. The topological polar surface area (TPSA) is 83.5 Å². The maximum absolute atomic E-state index is 11.7. The second-order valence-electron chi connectivity index (χ2n) is 4.76. The molecule has 0 heterocycles. The lowest BCUT2D eigenvalue weighted by atomic mass is 9.87. The smallest absolute Gasteiger partial charge is 0.321 e. The van der Waals surface area contributed by atoms with E-state index >= 15 is 0 Å². The van der Waals surface area contributed by atoms with E-state index in [4.69, 9.17) is 5.11 Å². The van der Waals surface area contributed by atoms with Gasteiger partial charge in [-0.25, -0.2) is 13.1 Å². The third-order valence-electron chi connectivity index (χ3n) is 2.92. The molecule has 16 heavy (non-hydrogen) atoms. The molecule has 1 fully saturated rings. The van der Waals surface area contributed by atoms with E-state index in [0.717, 1.165) is 19.3 Å². The Balaban J connectivity index is 2.58. The van der Waals surface area contributed by atoms with Crippen molar-refractivity contribution in [2.45, 2.75) is 39.2 Å². The molecule has 1 aliphatic carbocycles. The second kappa shape index (κ2) is 5.14. The minimum atomic E-state index is -3.46. The Kier molecular flexibility index (Phi) is 4.32. The van der Waals surface area contributed by atoms with Crippen LogP contribution in [0.2, 0.25) is 0 Å². The van der Waals surface area contributed by atoms with Crippen LogP contribution in [0.15, 0.2) is 0 Å². The average Bonchev–Trinajstić information content (AvgIpc) is 2.07. The Morgan fingerprint density at radius 2 is 2.00 bits per heavy atom. The molecule has 0 unspecified atom stereocenters. The molecule has 1 saturated carbocycles. The maximum atomic E-state index is 11.7. The van der Waals surface area contributed by atoms with E-state index in [1.165, 1.54) is 0 Å². The third kappa shape index (κ3) is 3.75. The normalized spacial score (nSPS) is 19.4. The quantitative estimate of drug-likeness (QED) is 0.730. The highest BCUT2D eigenvalue weighted by Crippen LogP contribution is 2.27. The summed E-state index contributed by atoms with van der Waals surface area (Å²) >= 11 is 0. The van der Waals surface area contributed by atoms with Crippen LogP contribution in [0.3, 0.4) is 0 Å². The molecule has 0 saturated heterocycles. The summed E-state index contributed by atoms with van der Waals surface area (Å²) in [5.41, 5.74) is 0. The van der Waals surface area contributed by atoms with E-state index in [-0.39, 0.29) is 17.6 Å². The van der Waals surface area contributed by atoms with Gasteiger partial charge in [0.15, 0.2) is 0 Å². The van der Waals surface area contributed by atoms with Gasteiger partial charge < -0.3 is 5.11 Å². The lowest BCUT2D eigenvalue weighted by Gasteiger charge is -2.26. The molecule has 0 aromatic heterocycles. The monoisotopic (exact) mass is 249 g/mol. The minimum Gasteiger partial charge on any atom is -0.480 e. The summed E-state index contributed by atoms with van der Waals surface area (Å²) in [7, 11) is -3.46. The van der Waals surface area contributed by atoms with E-state index in [0.29, 0.717) is 0 Å². The van der Waals surface area contributed by atoms with Crippen molar-refractivity contribution in [1.29, 1.82) is 0 Å². The van der Waals surface area contributed by atoms with E-state index in [9.17, 15) is 13.2 Å². The zero-order valence-electron chi connectivity index (χ0n) is 9.64. The number of carboxylic acid groups (broad SMARTS) is 1. The Morgan fingerprint density at radius 3 is 2.31 bits per heavy atom. The highest BCUT2D eigenvalue weighted by molar-refractivity contribution is 7.89. The van der Waals surface area contributed by atoms with Gasteiger partial charge in [0, 0.05) is 0 Å². The fourth-order valence-corrected chi connectivity index (χ4v) is 3.49. The molecule has 0 radical (unpaired) electrons. The van der Waals surface area contributed by atoms with Crippen molar-refractivity contribution in [2.24, 2.45) is 11.8 Å². The summed E-state index contributed by atoms with van der Waals surface area (Å²) < 4.78 is 25.6. The minimum absolute atomic E-state index is 0.0590. The summed E-state index contributed by atoms with van der Waals surface area (Å²) in [6.07, 6.45) is 2.94. The zero-order chi connectivity index (χ0) is 12.3. The van der Waals surface area contributed by atoms with Gasteiger partial charge in [-0.1, -0.05) is 20.3 Å². The maximum Gasteiger partial charge on any atom is 0.321 e. The molecule has 0 spiro atoms. The molecule has 0 aromatic carbocycles. The molecule has 2 N–H and O–H groups in total. The number of nitrogens with one attached hydrogen (secondary N) is 1. The molecule has 1 rings (SSSR count). The lowest BCUT2D eigenvalue weighted by molar-refractivity contribution is -0.140. The highest BCUT2D eigenvalue weighted by Gasteiger charge is 2.30. The number of sulfonamides is 1. The summed E-state index contributed by atoms with van der Waals surface area (Å²) in [5, 5.41) is 8.89. The number of rotatable bonds is 6. The number of hydrogen-bond donors (Lipinski definition) is 2. The van der Waals surface area contributed by atoms with Crippen LogP contribution < -0.4 is 4.72 Å². The molecule has 0 aromatic rings. The molecule has 0 amide bonds. The van der Waals surface area contributed by atoms with Crippen molar-refractivity contribution in [3.63, 3.8) is 0 Å². The van der Waals surface area contributed by atoms with Gasteiger partial charge in [-0.15, -0.1) is 0 Å². The van der Waals surface area contributed by atoms with Gasteiger partial charge >= 0.3 is 5.97 Å². The standard InChI is InChI=1S/C10H19NO4S/c1-7(2)9(10(12)13)11-16(14,15)6-8-4-3-5-8/h7-9,11H,3-6H2,1-2H3,(H,12,13)/t9-/m0/s1. The Labute approximate surface area is 96.3 Å². The fraction of sp³-hybridized carbons (Fsp3) is 0.900. The summed E-state index contributed by atoms with van der Waals surface area (Å²) in [6, 6.07) is -1.02. The first kappa shape index (κ1) is 13.4. The molecular weight excluding hydrogens is 230 g/mol. The second-order valence-corrected chi connectivity index (χ2v) is 6.55. The molecule has 1 atom stereocenters. The predicted octanol–water partition coefficient (Wildman–Crippen LogP) is 0.815. The van der Waals surface area contributed by atoms with Gasteiger partial charge in [0.05, 0.1) is 5.75 Å². The predicted molar refractivity (Wildman–Crippen MR) is 60.5 cm³/mol. The van der Waals surface area contributed by atoms with Gasteiger partial charge in [0.1, 0.15) is 6.04 Å². The summed E-state index contributed by atoms with van der Waals surface area (Å²) in [5.74, 6) is -1.11. The van der Waals surface area contributed by atoms with Gasteiger partial charge in [0.25, 0.3) is 0 Å². The Morgan fingerprint density at radius 1 is 1.44 bits per heavy atom. The van der Waals surface area contributed by atoms with Crippen LogP contribution in [-0.2, 0) is 14.8 Å². The van der Waals surface area contributed by atoms with Gasteiger partial charge in [-0.2, -0.15) is 0 Å². The molecule has 5 nitrogen and oxygen atoms in total. The van der Waals surface area contributed by atoms with Gasteiger partial charge in [-0.05, 0) is 24.7 Å². The summed E-state index contributed by atoms with van der Waals surface area (Å²) in [6.45, 7) is 3.37. The van der Waals surface area contributed by atoms with Crippen molar-refractivity contribution >= 4 is 16.0 Å². The number of hydrogen-bond acceptors (Lipinski definition) is 3. The van der Waals surface area contributed by atoms with Crippen molar-refractivity contribution in [1.82, 2.24) is 4.72 Å². The van der Waals surface area contributed by atoms with E-state index in [2.05, 4.69) is 4.72 Å². The van der Waals surface area contributed by atoms with E-state index in [1.54, 1.807) is 13.8 Å². The number of carboxylic acids is 1. The van der Waals surface area contributed by atoms with Crippen LogP contribution in [0, 0.1) is 11.8 Å². The first-order chi connectivity index (χ1) is 7.32. The van der Waals surface area contributed by atoms with Crippen LogP contribution >= 0.6 is 0 Å². The molecular formula is C10H19NO4S. The Bertz CT molecular complexity index is 346. The lowest BCUT2D eigenvalue weighted by Crippen LogP contribution is -2.46. The van der Waals surface area contributed by atoms with Crippen LogP contribution in [-0.4, -0.2) is 31.3 Å². The molecule has 1 aliphatic rings. The van der Waals surface area contributed by atoms with Crippen LogP contribution in [0.25, 0.3) is 0 Å². The molecule has 0 aliphatic heterocycles. The van der Waals surface area contributed by atoms with Crippen molar-refractivity contribution in [3.05, 3.63) is 0 Å². The van der Waals surface area contributed by atoms with Crippen molar-refractivity contribution in [2.75, 3.05) is 5.75 Å². The van der Waals surface area contributed by atoms with Crippen LogP contribution in [0.4, 0.5) is 0 Å². The first-order valence-electron chi connectivity index (χ1n) is 5.54. The van der Waals surface area contributed by atoms with Gasteiger partial charge in [0.2, 0.25) is 10.0 Å². The van der Waals surface area contributed by atoms with Crippen molar-refractivity contribution in [3.8, 4) is 0 Å². The fourth-order valence-electron chi connectivity index (χ4n) is 1.68. The number of aliphatic carboxylic acids is 1. The first-order valence-corrected chi connectivity index (χ1v) is 7.20. The third-order valence-corrected chi connectivity index (χ3v) is 4.44. The van der Waals surface area contributed by atoms with Crippen LogP contribution in [0.1, 0.15) is 33.1 Å². The highest BCUT2D eigenvalue weighted by atomic mass is 32.2. The zero-order valence-corrected chi connectivity index (χ0v) is 10.5. The SMILES string of the molecule is CC(C)[C@H](NS(=O)(=O)CC1CCC1)C(=O)O. The Hall–Kier alpha value is -0.620. The summed E-state index contributed by atoms with van der Waals surface area (Å²) in [4.78, 5) is 10.9. The molecule has 94 valence electrons. The van der Waals surface area contributed by atoms with E-state index < -0.39 is 22.0 Å². The molecule has 6 heteroatoms. The van der Waals surface area contributed by atoms with Crippen LogP contribution in [0.5, 0.6) is 0 Å². The van der Waals surface area contributed by atoms with Gasteiger partial charge in [-0.3, -0.25) is 4.79 Å². The van der Waals surface area contributed by atoms with E-state index in [1.807, 2.05) is 0 Å². The van der Waals surface area contributed by atoms with Crippen molar-refractivity contribution < 1.29 is 18.3 Å². The molecule has 0 bridgehead atoms. The average molecular weight is 249 g/mol.